The van der Waals surface area contributed by atoms with Crippen LogP contribution in [0.3, 0.4) is 0 Å². The number of aliphatic carboxylic acids is 1. The number of carboxylic acid groups (broad SMARTS) is 1. The van der Waals surface area contributed by atoms with Crippen LogP contribution in [0.5, 0.6) is 0 Å². The van der Waals surface area contributed by atoms with Crippen LogP contribution < -0.4 is 10.2 Å². The van der Waals surface area contributed by atoms with E-state index in [0.29, 0.717) is 65.2 Å². The first-order valence-electron chi connectivity index (χ1n) is 18.7. The van der Waals surface area contributed by atoms with Gasteiger partial charge in [-0.2, -0.15) is 0 Å². The highest BCUT2D eigenvalue weighted by Crippen LogP contribution is 2.44. The molecule has 3 heterocycles. The predicted molar refractivity (Wildman–Crippen MR) is 199 cm³/mol. The number of rotatable bonds is 12. The lowest BCUT2D eigenvalue weighted by atomic mass is 9.80. The quantitative estimate of drug-likeness (QED) is 0.240. The Morgan fingerprint density at radius 1 is 1.02 bits per heavy atom. The fourth-order valence-electron chi connectivity index (χ4n) is 7.73. The summed E-state index contributed by atoms with van der Waals surface area (Å²) >= 11 is 0. The van der Waals surface area contributed by atoms with E-state index in [1.54, 1.807) is 17.0 Å². The van der Waals surface area contributed by atoms with Gasteiger partial charge in [0.1, 0.15) is 17.8 Å². The van der Waals surface area contributed by atoms with E-state index in [2.05, 4.69) is 47.2 Å². The van der Waals surface area contributed by atoms with Crippen molar-refractivity contribution in [3.8, 4) is 0 Å². The minimum Gasteiger partial charge on any atom is -0.481 e. The molecule has 2 fully saturated rings. The molecular weight excluding hydrogens is 681 g/mol. The molecule has 3 aliphatic rings. The molecule has 13 heteroatoms. The Balaban J connectivity index is 1.38. The van der Waals surface area contributed by atoms with Crippen molar-refractivity contribution < 1.29 is 38.1 Å². The lowest BCUT2D eigenvalue weighted by molar-refractivity contribution is -0.140. The van der Waals surface area contributed by atoms with Gasteiger partial charge < -0.3 is 29.7 Å². The van der Waals surface area contributed by atoms with Crippen molar-refractivity contribution in [3.63, 3.8) is 0 Å². The number of nitrogens with zero attached hydrogens (tertiary/aromatic N) is 4. The zero-order valence-corrected chi connectivity index (χ0v) is 32.0. The van der Waals surface area contributed by atoms with E-state index in [1.807, 2.05) is 32.6 Å². The molecule has 12 nitrogen and oxygen atoms in total. The summed E-state index contributed by atoms with van der Waals surface area (Å²) in [5.74, 6) is -2.04. The second-order valence-corrected chi connectivity index (χ2v) is 16.2. The third-order valence-electron chi connectivity index (χ3n) is 10.5. The summed E-state index contributed by atoms with van der Waals surface area (Å²) in [6.07, 6.45) is 0.914. The Hall–Kier alpha value is -4.07. The maximum Gasteiger partial charge on any atom is 0.410 e. The van der Waals surface area contributed by atoms with E-state index in [-0.39, 0.29) is 42.5 Å². The lowest BCUT2D eigenvalue weighted by Gasteiger charge is -2.47. The van der Waals surface area contributed by atoms with Crippen molar-refractivity contribution in [2.24, 2.45) is 0 Å². The molecule has 0 aliphatic carbocycles. The summed E-state index contributed by atoms with van der Waals surface area (Å²) in [6, 6.07) is 12.5. The normalized spacial score (nSPS) is 23.8. The van der Waals surface area contributed by atoms with E-state index in [9.17, 15) is 23.6 Å². The predicted octanol–water partition coefficient (Wildman–Crippen LogP) is 4.42. The average Bonchev–Trinajstić information content (AvgIpc) is 3.37. The van der Waals surface area contributed by atoms with E-state index >= 15 is 0 Å². The van der Waals surface area contributed by atoms with Gasteiger partial charge in [0.2, 0.25) is 11.8 Å². The highest BCUT2D eigenvalue weighted by atomic mass is 19.1. The van der Waals surface area contributed by atoms with Gasteiger partial charge in [0.25, 0.3) is 0 Å². The SMILES string of the molecule is C[C@@H]1COCCN1C[C@H]1CN(C(=O)OC(C)(C)C)[C@H](C)CN1CC(=O)N1CC(C)(CCCNC(=O)CC(=O)O)c2ccc(Cc3ccc(F)cc3)cc21. The van der Waals surface area contributed by atoms with Crippen LogP contribution in [-0.2, 0) is 35.7 Å². The molecule has 0 radical (unpaired) electrons. The van der Waals surface area contributed by atoms with Crippen LogP contribution in [0.1, 0.15) is 77.5 Å². The maximum atomic E-state index is 14.6. The molecule has 0 bridgehead atoms. The zero-order chi connectivity index (χ0) is 38.5. The Bertz CT molecular complexity index is 1630. The maximum absolute atomic E-state index is 14.6. The van der Waals surface area contributed by atoms with Gasteiger partial charge in [-0.25, -0.2) is 9.18 Å². The Labute approximate surface area is 312 Å². The summed E-state index contributed by atoms with van der Waals surface area (Å²) in [6.45, 7) is 16.4. The first kappa shape index (κ1) is 40.1. The van der Waals surface area contributed by atoms with Gasteiger partial charge >= 0.3 is 12.1 Å². The summed E-state index contributed by atoms with van der Waals surface area (Å²) in [7, 11) is 0. The van der Waals surface area contributed by atoms with Gasteiger partial charge in [0, 0.05) is 68.5 Å². The topological polar surface area (TPSA) is 132 Å². The van der Waals surface area contributed by atoms with E-state index in [4.69, 9.17) is 14.6 Å². The zero-order valence-electron chi connectivity index (χ0n) is 32.0. The summed E-state index contributed by atoms with van der Waals surface area (Å²) in [5.41, 5.74) is 2.78. The van der Waals surface area contributed by atoms with Crippen molar-refractivity contribution in [1.29, 1.82) is 0 Å². The van der Waals surface area contributed by atoms with Crippen molar-refractivity contribution in [2.45, 2.75) is 96.4 Å². The number of amides is 3. The molecule has 1 unspecified atom stereocenters. The van der Waals surface area contributed by atoms with E-state index < -0.39 is 29.3 Å². The molecule has 2 N–H and O–H groups in total. The van der Waals surface area contributed by atoms with Crippen molar-refractivity contribution >= 4 is 29.6 Å². The van der Waals surface area contributed by atoms with E-state index in [0.717, 1.165) is 28.9 Å². The van der Waals surface area contributed by atoms with Crippen LogP contribution in [0.4, 0.5) is 14.9 Å². The van der Waals surface area contributed by atoms with Gasteiger partial charge in [-0.3, -0.25) is 24.2 Å². The molecule has 2 aromatic rings. The van der Waals surface area contributed by atoms with Crippen molar-refractivity contribution in [1.82, 2.24) is 20.0 Å². The molecule has 0 saturated carbocycles. The fraction of sp³-hybridized carbons (Fsp3) is 0.600. The molecule has 0 spiro atoms. The van der Waals surface area contributed by atoms with Crippen LogP contribution in [0.25, 0.3) is 0 Å². The first-order valence-corrected chi connectivity index (χ1v) is 18.7. The molecule has 2 saturated heterocycles. The smallest absolute Gasteiger partial charge is 0.410 e. The molecule has 3 amide bonds. The minimum atomic E-state index is -1.17. The van der Waals surface area contributed by atoms with Gasteiger partial charge in [-0.1, -0.05) is 31.2 Å². The molecule has 5 rings (SSSR count). The van der Waals surface area contributed by atoms with Gasteiger partial charge in [-0.15, -0.1) is 0 Å². The third kappa shape index (κ3) is 10.5. The number of fused-ring (bicyclic) bond motifs is 1. The molecule has 53 heavy (non-hydrogen) atoms. The number of hydrogen-bond donors (Lipinski definition) is 2. The first-order chi connectivity index (χ1) is 25.0. The number of carboxylic acids is 1. The largest absolute Gasteiger partial charge is 0.481 e. The number of halogens is 1. The monoisotopic (exact) mass is 737 g/mol. The molecular formula is C40H56FN5O7. The second-order valence-electron chi connectivity index (χ2n) is 16.2. The van der Waals surface area contributed by atoms with Gasteiger partial charge in [0.05, 0.1) is 19.8 Å². The van der Waals surface area contributed by atoms with Gasteiger partial charge in [0.15, 0.2) is 0 Å². The van der Waals surface area contributed by atoms with Crippen LogP contribution in [0.2, 0.25) is 0 Å². The molecule has 3 aliphatic heterocycles. The highest BCUT2D eigenvalue weighted by Gasteiger charge is 2.43. The number of piperazine rings is 1. The van der Waals surface area contributed by atoms with Gasteiger partial charge in [-0.05, 0) is 88.8 Å². The fourth-order valence-corrected chi connectivity index (χ4v) is 7.73. The van der Waals surface area contributed by atoms with Crippen LogP contribution >= 0.6 is 0 Å². The summed E-state index contributed by atoms with van der Waals surface area (Å²) in [5, 5.41) is 11.6. The van der Waals surface area contributed by atoms with Crippen molar-refractivity contribution in [2.75, 3.05) is 63.9 Å². The van der Waals surface area contributed by atoms with Crippen LogP contribution in [0, 0.1) is 5.82 Å². The third-order valence-corrected chi connectivity index (χ3v) is 10.5. The number of hydrogen-bond acceptors (Lipinski definition) is 8. The van der Waals surface area contributed by atoms with Crippen LogP contribution in [-0.4, -0.2) is 126 Å². The van der Waals surface area contributed by atoms with E-state index in [1.165, 1.54) is 12.1 Å². The Kier molecular flexibility index (Phi) is 12.8. The van der Waals surface area contributed by atoms with Crippen molar-refractivity contribution in [3.05, 3.63) is 65.0 Å². The van der Waals surface area contributed by atoms with Crippen LogP contribution in [0.15, 0.2) is 42.5 Å². The number of nitrogens with one attached hydrogen (secondary N) is 1. The molecule has 0 aromatic heterocycles. The summed E-state index contributed by atoms with van der Waals surface area (Å²) < 4.78 is 25.1. The molecule has 4 atom stereocenters. The molecule has 2 aromatic carbocycles. The second kappa shape index (κ2) is 16.9. The number of carbonyl (C=O) groups is 4. The number of benzene rings is 2. The number of morpholine rings is 1. The Morgan fingerprint density at radius 3 is 2.42 bits per heavy atom. The Morgan fingerprint density at radius 2 is 1.74 bits per heavy atom. The molecule has 290 valence electrons. The minimum absolute atomic E-state index is 0.0402. The average molecular weight is 738 g/mol. The number of carbonyl (C=O) groups excluding carboxylic acids is 3. The highest BCUT2D eigenvalue weighted by molar-refractivity contribution is 5.98. The standard InChI is InChI=1S/C40H56FN5O7/c1-27-21-44(32(22-43-16-17-52-25-28(43)2)23-45(27)38(51)53-39(3,4)5)24-36(48)46-26-40(6,14-7-15-42-35(47)20-37(49)50)33-13-10-30(19-34(33)46)18-29-8-11-31(41)12-9-29/h8-13,19,27-28,32H,7,14-18,20-26H2,1-6H3,(H,42,47)(H,49,50)/t27-,28-,32+,40?/m1/s1. The number of anilines is 1. The number of ether oxygens (including phenoxy) is 2. The lowest BCUT2D eigenvalue weighted by Crippen LogP contribution is -2.64. The summed E-state index contributed by atoms with van der Waals surface area (Å²) in [4.78, 5) is 59.1.